The third-order valence-corrected chi connectivity index (χ3v) is 4.91. The monoisotopic (exact) mass is 342 g/mol. The minimum Gasteiger partial charge on any atom is -0.508 e. The first-order valence-electron chi connectivity index (χ1n) is 8.90. The average Bonchev–Trinajstić information content (AvgIpc) is 2.80. The van der Waals surface area contributed by atoms with Crippen molar-refractivity contribution in [1.29, 1.82) is 0 Å². The highest BCUT2D eigenvalue weighted by atomic mass is 16.3. The number of rotatable bonds is 3. The molecule has 25 heavy (non-hydrogen) atoms. The summed E-state index contributed by atoms with van der Waals surface area (Å²) >= 11 is 0. The van der Waals surface area contributed by atoms with Gasteiger partial charge in [-0.3, -0.25) is 5.10 Å². The number of hydrogen-bond donors (Lipinski definition) is 3. The summed E-state index contributed by atoms with van der Waals surface area (Å²) in [6.07, 6.45) is 4.26. The Morgan fingerprint density at radius 3 is 2.72 bits per heavy atom. The molecule has 6 heteroatoms. The van der Waals surface area contributed by atoms with Crippen LogP contribution in [0.3, 0.4) is 0 Å². The third-order valence-electron chi connectivity index (χ3n) is 4.91. The van der Waals surface area contributed by atoms with Crippen molar-refractivity contribution in [2.75, 3.05) is 6.54 Å². The van der Waals surface area contributed by atoms with E-state index < -0.39 is 0 Å². The van der Waals surface area contributed by atoms with Gasteiger partial charge in [0.15, 0.2) is 0 Å². The Hall–Kier alpha value is -2.50. The molecule has 0 spiro atoms. The average molecular weight is 342 g/mol. The maximum absolute atomic E-state index is 12.9. The van der Waals surface area contributed by atoms with Gasteiger partial charge in [0.25, 0.3) is 0 Å². The molecule has 1 aliphatic heterocycles. The number of carbonyl (C=O) groups excluding carboxylic acids is 1. The van der Waals surface area contributed by atoms with Crippen molar-refractivity contribution >= 4 is 6.03 Å². The Bertz CT molecular complexity index is 704. The number of nitrogens with one attached hydrogen (secondary N) is 2. The van der Waals surface area contributed by atoms with Gasteiger partial charge in [-0.05, 0) is 44.4 Å². The van der Waals surface area contributed by atoms with E-state index in [1.54, 1.807) is 12.1 Å². The molecule has 2 amide bonds. The molecular weight excluding hydrogens is 316 g/mol. The first kappa shape index (κ1) is 17.3. The number of aryl methyl sites for hydroxylation is 2. The van der Waals surface area contributed by atoms with Crippen LogP contribution in [0.2, 0.25) is 0 Å². The molecule has 1 aliphatic rings. The normalized spacial score (nSPS) is 18.0. The fourth-order valence-corrected chi connectivity index (χ4v) is 3.60. The Balaban J connectivity index is 1.74. The molecule has 134 valence electrons. The Labute approximate surface area is 148 Å². The van der Waals surface area contributed by atoms with Crippen LogP contribution in [0.4, 0.5) is 4.79 Å². The Kier molecular flexibility index (Phi) is 5.26. The smallest absolute Gasteiger partial charge is 0.318 e. The maximum atomic E-state index is 12.9. The molecule has 1 aromatic carbocycles. The summed E-state index contributed by atoms with van der Waals surface area (Å²) in [6, 6.07) is 6.93. The zero-order chi connectivity index (χ0) is 17.8. The van der Waals surface area contributed by atoms with Gasteiger partial charge in [-0.1, -0.05) is 25.0 Å². The quantitative estimate of drug-likeness (QED) is 0.798. The summed E-state index contributed by atoms with van der Waals surface area (Å²) in [5.74, 6) is 0.230. The van der Waals surface area contributed by atoms with E-state index in [0.29, 0.717) is 6.54 Å². The number of phenols is 1. The number of hydrogen-bond acceptors (Lipinski definition) is 3. The SMILES string of the molecule is Cc1n[nH]c(C)c1[C@H]1CCCCCN1C(=O)NCc1ccc(O)cc1. The lowest BCUT2D eigenvalue weighted by Crippen LogP contribution is -2.42. The van der Waals surface area contributed by atoms with Crippen LogP contribution in [0.25, 0.3) is 0 Å². The first-order valence-corrected chi connectivity index (χ1v) is 8.90. The highest BCUT2D eigenvalue weighted by Gasteiger charge is 2.29. The number of aromatic nitrogens is 2. The van der Waals surface area contributed by atoms with E-state index in [4.69, 9.17) is 0 Å². The van der Waals surface area contributed by atoms with Crippen LogP contribution in [-0.2, 0) is 6.54 Å². The molecule has 1 aromatic heterocycles. The summed E-state index contributed by atoms with van der Waals surface area (Å²) in [7, 11) is 0. The van der Waals surface area contributed by atoms with Crippen molar-refractivity contribution in [3.8, 4) is 5.75 Å². The number of phenolic OH excluding ortho intramolecular Hbond substituents is 1. The van der Waals surface area contributed by atoms with E-state index in [1.807, 2.05) is 30.9 Å². The van der Waals surface area contributed by atoms with E-state index in [0.717, 1.165) is 54.7 Å². The number of carbonyl (C=O) groups is 1. The zero-order valence-corrected chi connectivity index (χ0v) is 14.9. The molecule has 0 radical (unpaired) electrons. The topological polar surface area (TPSA) is 81.2 Å². The fourth-order valence-electron chi connectivity index (χ4n) is 3.60. The number of likely N-dealkylation sites (tertiary alicyclic amines) is 1. The van der Waals surface area contributed by atoms with Gasteiger partial charge in [0.2, 0.25) is 0 Å². The van der Waals surface area contributed by atoms with Gasteiger partial charge in [0, 0.05) is 24.3 Å². The van der Waals surface area contributed by atoms with Crippen molar-refractivity contribution in [3.63, 3.8) is 0 Å². The van der Waals surface area contributed by atoms with Gasteiger partial charge in [-0.15, -0.1) is 0 Å². The van der Waals surface area contributed by atoms with Crippen molar-refractivity contribution in [1.82, 2.24) is 20.4 Å². The largest absolute Gasteiger partial charge is 0.508 e. The van der Waals surface area contributed by atoms with Crippen LogP contribution in [0.15, 0.2) is 24.3 Å². The number of urea groups is 1. The van der Waals surface area contributed by atoms with Gasteiger partial charge in [-0.2, -0.15) is 5.10 Å². The van der Waals surface area contributed by atoms with Crippen molar-refractivity contribution in [3.05, 3.63) is 46.8 Å². The van der Waals surface area contributed by atoms with Gasteiger partial charge in [-0.25, -0.2) is 4.79 Å². The predicted octanol–water partition coefficient (Wildman–Crippen LogP) is 3.56. The molecule has 1 atom stereocenters. The summed E-state index contributed by atoms with van der Waals surface area (Å²) in [6.45, 7) is 5.23. The van der Waals surface area contributed by atoms with Crippen LogP contribution < -0.4 is 5.32 Å². The Morgan fingerprint density at radius 2 is 2.04 bits per heavy atom. The van der Waals surface area contributed by atoms with Gasteiger partial charge in [0.05, 0.1) is 11.7 Å². The summed E-state index contributed by atoms with van der Waals surface area (Å²) in [5.41, 5.74) is 4.14. The van der Waals surface area contributed by atoms with E-state index in [9.17, 15) is 9.90 Å². The molecule has 1 saturated heterocycles. The molecule has 2 heterocycles. The van der Waals surface area contributed by atoms with Crippen LogP contribution in [0, 0.1) is 13.8 Å². The van der Waals surface area contributed by atoms with E-state index >= 15 is 0 Å². The van der Waals surface area contributed by atoms with E-state index in [1.165, 1.54) is 0 Å². The van der Waals surface area contributed by atoms with Crippen molar-refractivity contribution in [2.24, 2.45) is 0 Å². The molecule has 2 aromatic rings. The molecule has 3 N–H and O–H groups in total. The number of amides is 2. The number of nitrogens with zero attached hydrogens (tertiary/aromatic N) is 2. The molecular formula is C19H26N4O2. The lowest BCUT2D eigenvalue weighted by Gasteiger charge is -2.30. The summed E-state index contributed by atoms with van der Waals surface area (Å²) in [4.78, 5) is 14.8. The van der Waals surface area contributed by atoms with Crippen LogP contribution in [0.5, 0.6) is 5.75 Å². The van der Waals surface area contributed by atoms with Gasteiger partial charge in [0.1, 0.15) is 5.75 Å². The van der Waals surface area contributed by atoms with Gasteiger partial charge < -0.3 is 15.3 Å². The molecule has 6 nitrogen and oxygen atoms in total. The second kappa shape index (κ2) is 7.59. The number of aromatic hydroxyl groups is 1. The highest BCUT2D eigenvalue weighted by molar-refractivity contribution is 5.75. The Morgan fingerprint density at radius 1 is 1.28 bits per heavy atom. The molecule has 3 rings (SSSR count). The van der Waals surface area contributed by atoms with Crippen LogP contribution >= 0.6 is 0 Å². The summed E-state index contributed by atoms with van der Waals surface area (Å²) < 4.78 is 0. The lowest BCUT2D eigenvalue weighted by molar-refractivity contribution is 0.175. The highest BCUT2D eigenvalue weighted by Crippen LogP contribution is 2.33. The number of aromatic amines is 1. The molecule has 0 saturated carbocycles. The summed E-state index contributed by atoms with van der Waals surface area (Å²) in [5, 5.41) is 19.7. The third kappa shape index (κ3) is 3.95. The van der Waals surface area contributed by atoms with Gasteiger partial charge >= 0.3 is 6.03 Å². The fraction of sp³-hybridized carbons (Fsp3) is 0.474. The molecule has 0 bridgehead atoms. The zero-order valence-electron chi connectivity index (χ0n) is 14.9. The second-order valence-electron chi connectivity index (χ2n) is 6.73. The minimum absolute atomic E-state index is 0.0417. The molecule has 0 aliphatic carbocycles. The standard InChI is InChI=1S/C19H26N4O2/c1-13-18(14(2)22-21-13)17-6-4-3-5-11-23(17)19(25)20-12-15-7-9-16(24)10-8-15/h7-10,17,24H,3-6,11-12H2,1-2H3,(H,20,25)(H,21,22)/t17-/m1/s1. The first-order chi connectivity index (χ1) is 12.1. The minimum atomic E-state index is -0.0417. The predicted molar refractivity (Wildman–Crippen MR) is 96.3 cm³/mol. The molecule has 1 fully saturated rings. The maximum Gasteiger partial charge on any atom is 0.318 e. The lowest BCUT2D eigenvalue weighted by atomic mass is 9.99. The second-order valence-corrected chi connectivity index (χ2v) is 6.73. The van der Waals surface area contributed by atoms with Crippen molar-refractivity contribution in [2.45, 2.75) is 52.1 Å². The number of H-pyrrole nitrogens is 1. The van der Waals surface area contributed by atoms with Crippen LogP contribution in [0.1, 0.15) is 54.2 Å². The molecule has 0 unspecified atom stereocenters. The van der Waals surface area contributed by atoms with Crippen molar-refractivity contribution < 1.29 is 9.90 Å². The van der Waals surface area contributed by atoms with E-state index in [-0.39, 0.29) is 17.8 Å². The van der Waals surface area contributed by atoms with Crippen LogP contribution in [-0.4, -0.2) is 32.8 Å². The number of benzene rings is 1. The van der Waals surface area contributed by atoms with E-state index in [2.05, 4.69) is 15.5 Å².